The molecule has 0 spiro atoms. The molecule has 6 N–H and O–H groups in total. The predicted molar refractivity (Wildman–Crippen MR) is 148 cm³/mol. The number of allylic oxidation sites excluding steroid dienone is 1. The molecule has 4 rings (SSSR count). The van der Waals surface area contributed by atoms with E-state index in [1.165, 1.54) is 6.08 Å². The Labute approximate surface area is 255 Å². The molecule has 0 aromatic heterocycles. The van der Waals surface area contributed by atoms with Crippen LogP contribution in [0.15, 0.2) is 35.3 Å². The van der Waals surface area contributed by atoms with Crippen molar-refractivity contribution in [2.45, 2.75) is 0 Å². The fourth-order valence-electron chi connectivity index (χ4n) is 3.89. The molecular weight excluding hydrogens is 606 g/mol. The van der Waals surface area contributed by atoms with Gasteiger partial charge in [0.1, 0.15) is 11.4 Å². The Balaban J connectivity index is 0.000000255. The summed E-state index contributed by atoms with van der Waals surface area (Å²) in [5.74, 6) is -7.38. The van der Waals surface area contributed by atoms with Gasteiger partial charge in [-0.25, -0.2) is 9.59 Å². The van der Waals surface area contributed by atoms with Crippen molar-refractivity contribution >= 4 is 47.4 Å². The lowest BCUT2D eigenvalue weighted by Crippen LogP contribution is -2.43. The number of carbonyl (C=O) groups is 8. The molecular formula is C26H33N5O14. The molecule has 0 bridgehead atoms. The maximum Gasteiger partial charge on any atom is 0.328 e. The first-order chi connectivity index (χ1) is 21.1. The molecule has 3 fully saturated rings. The molecule has 246 valence electrons. The van der Waals surface area contributed by atoms with Crippen LogP contribution in [-0.2, 0) is 38.4 Å². The van der Waals surface area contributed by atoms with E-state index in [1.807, 2.05) is 14.7 Å². The van der Waals surface area contributed by atoms with Gasteiger partial charge in [0.25, 0.3) is 0 Å². The maximum absolute atomic E-state index is 12.4. The fraction of sp³-hybridized carbons (Fsp3) is 0.462. The lowest BCUT2D eigenvalue weighted by atomic mass is 10.0. The zero-order valence-electron chi connectivity index (χ0n) is 23.9. The predicted octanol–water partition coefficient (Wildman–Crippen LogP) is -3.18. The summed E-state index contributed by atoms with van der Waals surface area (Å²) >= 11 is 0. The van der Waals surface area contributed by atoms with Crippen molar-refractivity contribution in [3.63, 3.8) is 0 Å². The van der Waals surface area contributed by atoms with E-state index < -0.39 is 62.0 Å². The van der Waals surface area contributed by atoms with E-state index in [2.05, 4.69) is 0 Å². The standard InChI is InChI=1S/C12H13N3O2.C10H16N2O8.C4H4O4/c16-9-7-8(13-1-2-13)12(17)11(15-5-6-15)10(9)14-3-4-14;13-7(14)3-11(4-8(15)16)1-2-12(5-9(17)18)6-10(19)20;5-3(6)1-2-4(7)8/h7H,1-6H2;1-6H2,(H,13,14)(H,15,16)(H,17,18)(H,19,20);1-2H,(H,5,6)(H,7,8)/b;;2-1-. The minimum absolute atomic E-state index is 0.00546. The van der Waals surface area contributed by atoms with Crippen LogP contribution in [0.2, 0.25) is 0 Å². The molecule has 0 aromatic rings. The Morgan fingerprint density at radius 2 is 0.911 bits per heavy atom. The molecule has 19 nitrogen and oxygen atoms in total. The van der Waals surface area contributed by atoms with E-state index in [1.54, 1.807) is 0 Å². The van der Waals surface area contributed by atoms with Crippen LogP contribution in [-0.4, -0.2) is 181 Å². The van der Waals surface area contributed by atoms with Gasteiger partial charge in [-0.15, -0.1) is 0 Å². The van der Waals surface area contributed by atoms with Crippen molar-refractivity contribution in [2.24, 2.45) is 0 Å². The number of hydrogen-bond donors (Lipinski definition) is 6. The third-order valence-corrected chi connectivity index (χ3v) is 6.02. The molecule has 4 aliphatic rings. The Morgan fingerprint density at radius 1 is 0.578 bits per heavy atom. The second kappa shape index (κ2) is 16.5. The summed E-state index contributed by atoms with van der Waals surface area (Å²) in [5.41, 5.74) is 1.89. The summed E-state index contributed by atoms with van der Waals surface area (Å²) in [6.07, 6.45) is 2.64. The van der Waals surface area contributed by atoms with Crippen LogP contribution in [0.4, 0.5) is 0 Å². The van der Waals surface area contributed by atoms with Crippen LogP contribution in [0.25, 0.3) is 0 Å². The number of rotatable bonds is 16. The average molecular weight is 640 g/mol. The van der Waals surface area contributed by atoms with E-state index in [0.717, 1.165) is 49.1 Å². The third kappa shape index (κ3) is 13.7. The first-order valence-corrected chi connectivity index (χ1v) is 13.3. The van der Waals surface area contributed by atoms with E-state index in [9.17, 15) is 38.4 Å². The minimum Gasteiger partial charge on any atom is -0.480 e. The first-order valence-electron chi connectivity index (χ1n) is 13.3. The highest BCUT2D eigenvalue weighted by Crippen LogP contribution is 2.33. The van der Waals surface area contributed by atoms with E-state index in [0.29, 0.717) is 29.2 Å². The number of hydrogen-bond acceptors (Lipinski definition) is 13. The highest BCUT2D eigenvalue weighted by molar-refractivity contribution is 6.22. The number of ketones is 2. The van der Waals surface area contributed by atoms with Crippen LogP contribution in [0, 0.1) is 0 Å². The van der Waals surface area contributed by atoms with Crippen molar-refractivity contribution in [1.82, 2.24) is 24.5 Å². The van der Waals surface area contributed by atoms with Crippen molar-refractivity contribution < 1.29 is 69.0 Å². The highest BCUT2D eigenvalue weighted by atomic mass is 16.4. The second-order valence-corrected chi connectivity index (χ2v) is 9.89. The van der Waals surface area contributed by atoms with Gasteiger partial charge in [-0.05, 0) is 0 Å². The SMILES string of the molecule is O=C(O)/C=C\C(=O)O.O=C(O)CN(CCN(CC(=O)O)CC(=O)O)CC(=O)O.O=C1C=C(N2CC2)C(=O)C(N2CC2)=C1N1CC1. The molecule has 3 heterocycles. The quantitative estimate of drug-likeness (QED) is 0.0551. The number of carbonyl (C=O) groups excluding carboxylic acids is 2. The molecule has 0 saturated carbocycles. The van der Waals surface area contributed by atoms with Crippen LogP contribution >= 0.6 is 0 Å². The number of aliphatic carboxylic acids is 6. The Kier molecular flexibility index (Phi) is 13.2. The summed E-state index contributed by atoms with van der Waals surface area (Å²) in [5, 5.41) is 50.1. The fourth-order valence-corrected chi connectivity index (χ4v) is 3.89. The zero-order valence-corrected chi connectivity index (χ0v) is 23.9. The van der Waals surface area contributed by atoms with E-state index in [4.69, 9.17) is 30.6 Å². The average Bonchev–Trinajstić information content (AvgIpc) is 3.75. The molecule has 0 radical (unpaired) electrons. The maximum atomic E-state index is 12.4. The lowest BCUT2D eigenvalue weighted by molar-refractivity contribution is -0.145. The molecule has 45 heavy (non-hydrogen) atoms. The smallest absolute Gasteiger partial charge is 0.328 e. The molecule has 3 aliphatic heterocycles. The molecule has 0 aromatic carbocycles. The normalized spacial score (nSPS) is 16.5. The van der Waals surface area contributed by atoms with E-state index >= 15 is 0 Å². The highest BCUT2D eigenvalue weighted by Gasteiger charge is 2.43. The van der Waals surface area contributed by atoms with Crippen LogP contribution < -0.4 is 0 Å². The van der Waals surface area contributed by atoms with Crippen LogP contribution in [0.1, 0.15) is 0 Å². The van der Waals surface area contributed by atoms with Gasteiger partial charge in [0, 0.05) is 70.6 Å². The zero-order chi connectivity index (χ0) is 33.8. The number of carboxylic acids is 6. The molecule has 3 saturated heterocycles. The van der Waals surface area contributed by atoms with Gasteiger partial charge in [0.2, 0.25) is 11.6 Å². The van der Waals surface area contributed by atoms with Crippen LogP contribution in [0.5, 0.6) is 0 Å². The van der Waals surface area contributed by atoms with Gasteiger partial charge < -0.3 is 45.3 Å². The summed E-state index contributed by atoms with van der Waals surface area (Å²) in [7, 11) is 0. The summed E-state index contributed by atoms with van der Waals surface area (Å²) in [6.45, 7) is 3.16. The van der Waals surface area contributed by atoms with Crippen molar-refractivity contribution in [1.29, 1.82) is 0 Å². The topological polar surface area (TPSA) is 273 Å². The first kappa shape index (κ1) is 35.9. The molecule has 0 unspecified atom stereocenters. The van der Waals surface area contributed by atoms with E-state index in [-0.39, 0.29) is 24.7 Å². The van der Waals surface area contributed by atoms with Crippen molar-refractivity contribution in [3.05, 3.63) is 35.3 Å². The Morgan fingerprint density at radius 3 is 1.20 bits per heavy atom. The third-order valence-electron chi connectivity index (χ3n) is 6.02. The van der Waals surface area contributed by atoms with Gasteiger partial charge in [0.05, 0.1) is 31.9 Å². The summed E-state index contributed by atoms with van der Waals surface area (Å²) in [6, 6.07) is 0. The van der Waals surface area contributed by atoms with Crippen molar-refractivity contribution in [2.75, 3.05) is 78.5 Å². The summed E-state index contributed by atoms with van der Waals surface area (Å²) < 4.78 is 0. The molecule has 1 aliphatic carbocycles. The number of Topliss-reactive ketones (excluding diaryl/α,β-unsaturated/α-hetero) is 1. The van der Waals surface area contributed by atoms with Gasteiger partial charge in [-0.2, -0.15) is 0 Å². The largest absolute Gasteiger partial charge is 0.480 e. The Bertz CT molecular complexity index is 1230. The monoisotopic (exact) mass is 639 g/mol. The molecule has 0 atom stereocenters. The van der Waals surface area contributed by atoms with Gasteiger partial charge in [-0.1, -0.05) is 0 Å². The number of carboxylic acid groups (broad SMARTS) is 6. The van der Waals surface area contributed by atoms with Gasteiger partial charge in [0.15, 0.2) is 0 Å². The van der Waals surface area contributed by atoms with Gasteiger partial charge >= 0.3 is 35.8 Å². The minimum atomic E-state index is -1.26. The molecule has 0 amide bonds. The Hall–Kier alpha value is -5.30. The van der Waals surface area contributed by atoms with Crippen LogP contribution in [0.3, 0.4) is 0 Å². The lowest BCUT2D eigenvalue weighted by Gasteiger charge is -2.23. The van der Waals surface area contributed by atoms with Crippen molar-refractivity contribution in [3.8, 4) is 0 Å². The van der Waals surface area contributed by atoms with Gasteiger partial charge in [-0.3, -0.25) is 38.6 Å². The molecule has 19 heteroatoms. The number of nitrogens with zero attached hydrogens (tertiary/aromatic N) is 5. The summed E-state index contributed by atoms with van der Waals surface area (Å²) in [4.78, 5) is 93.9. The second-order valence-electron chi connectivity index (χ2n) is 9.89.